The number of hydrogen-bond donors (Lipinski definition) is 2. The second kappa shape index (κ2) is 7.95. The molecule has 0 bridgehead atoms. The number of alkyl halides is 3. The van der Waals surface area contributed by atoms with Gasteiger partial charge in [0.1, 0.15) is 0 Å². The van der Waals surface area contributed by atoms with Gasteiger partial charge >= 0.3 is 6.18 Å². The molecule has 6 heteroatoms. The number of rotatable bonds is 5. The van der Waals surface area contributed by atoms with E-state index in [0.29, 0.717) is 23.5 Å². The molecule has 0 saturated carbocycles. The van der Waals surface area contributed by atoms with E-state index in [4.69, 9.17) is 0 Å². The van der Waals surface area contributed by atoms with Crippen LogP contribution in [0.15, 0.2) is 78.9 Å². The van der Waals surface area contributed by atoms with Gasteiger partial charge in [-0.3, -0.25) is 4.79 Å². The highest BCUT2D eigenvalue weighted by Gasteiger charge is 2.30. The lowest BCUT2D eigenvalue weighted by Gasteiger charge is -2.13. The summed E-state index contributed by atoms with van der Waals surface area (Å²) in [5.41, 5.74) is 1.66. The van der Waals surface area contributed by atoms with Crippen LogP contribution in [0.25, 0.3) is 0 Å². The Kier molecular flexibility index (Phi) is 5.45. The molecule has 0 radical (unpaired) electrons. The van der Waals surface area contributed by atoms with E-state index >= 15 is 0 Å². The Balaban J connectivity index is 1.71. The molecule has 3 aromatic carbocycles. The molecule has 3 rings (SSSR count). The van der Waals surface area contributed by atoms with Crippen molar-refractivity contribution in [2.75, 3.05) is 10.6 Å². The highest BCUT2D eigenvalue weighted by molar-refractivity contribution is 6.08. The van der Waals surface area contributed by atoms with Crippen molar-refractivity contribution < 1.29 is 18.0 Å². The number of carbonyl (C=O) groups excluding carboxylic acids is 1. The largest absolute Gasteiger partial charge is 0.416 e. The number of amides is 1. The van der Waals surface area contributed by atoms with Gasteiger partial charge in [-0.15, -0.1) is 0 Å². The van der Waals surface area contributed by atoms with Crippen LogP contribution in [0.1, 0.15) is 21.5 Å². The summed E-state index contributed by atoms with van der Waals surface area (Å²) in [4.78, 5) is 12.6. The molecular weight excluding hydrogens is 353 g/mol. The Morgan fingerprint density at radius 1 is 0.815 bits per heavy atom. The molecule has 27 heavy (non-hydrogen) atoms. The van der Waals surface area contributed by atoms with Crippen LogP contribution >= 0.6 is 0 Å². The molecule has 0 aromatic heterocycles. The SMILES string of the molecule is O=C(Nc1ccc(C(F)(F)F)cc1)c1ccccc1NCc1ccccc1. The molecule has 0 fully saturated rings. The third-order valence-corrected chi connectivity index (χ3v) is 3.97. The fraction of sp³-hybridized carbons (Fsp3) is 0.0952. The Labute approximate surface area is 154 Å². The molecule has 0 heterocycles. The molecular formula is C21H17F3N2O. The predicted molar refractivity (Wildman–Crippen MR) is 99.6 cm³/mol. The molecule has 0 unspecified atom stereocenters. The van der Waals surface area contributed by atoms with Gasteiger partial charge in [-0.2, -0.15) is 13.2 Å². The van der Waals surface area contributed by atoms with E-state index < -0.39 is 17.6 Å². The summed E-state index contributed by atoms with van der Waals surface area (Å²) in [6.07, 6.45) is -4.41. The number of para-hydroxylation sites is 1. The Morgan fingerprint density at radius 2 is 1.44 bits per heavy atom. The number of benzene rings is 3. The number of carbonyl (C=O) groups is 1. The Morgan fingerprint density at radius 3 is 2.11 bits per heavy atom. The van der Waals surface area contributed by atoms with Crippen LogP contribution < -0.4 is 10.6 Å². The lowest BCUT2D eigenvalue weighted by atomic mass is 10.1. The first kappa shape index (κ1) is 18.5. The summed E-state index contributed by atoms with van der Waals surface area (Å²) in [6.45, 7) is 0.547. The first-order chi connectivity index (χ1) is 12.9. The molecule has 0 aliphatic heterocycles. The van der Waals surface area contributed by atoms with Gasteiger partial charge in [0.25, 0.3) is 5.91 Å². The van der Waals surface area contributed by atoms with E-state index in [0.717, 1.165) is 17.7 Å². The maximum atomic E-state index is 12.6. The topological polar surface area (TPSA) is 41.1 Å². The first-order valence-corrected chi connectivity index (χ1v) is 8.29. The highest BCUT2D eigenvalue weighted by atomic mass is 19.4. The van der Waals surface area contributed by atoms with E-state index in [1.807, 2.05) is 36.4 Å². The van der Waals surface area contributed by atoms with Crippen molar-refractivity contribution >= 4 is 17.3 Å². The Hall–Kier alpha value is -3.28. The second-order valence-electron chi connectivity index (χ2n) is 5.91. The van der Waals surface area contributed by atoms with Crippen molar-refractivity contribution in [1.29, 1.82) is 0 Å². The van der Waals surface area contributed by atoms with E-state index in [2.05, 4.69) is 10.6 Å². The summed E-state index contributed by atoms with van der Waals surface area (Å²) < 4.78 is 37.9. The number of hydrogen-bond acceptors (Lipinski definition) is 2. The highest BCUT2D eigenvalue weighted by Crippen LogP contribution is 2.30. The van der Waals surface area contributed by atoms with Crippen LogP contribution in [0.4, 0.5) is 24.5 Å². The lowest BCUT2D eigenvalue weighted by Crippen LogP contribution is -2.15. The zero-order valence-electron chi connectivity index (χ0n) is 14.3. The molecule has 0 atom stereocenters. The van der Waals surface area contributed by atoms with Crippen LogP contribution in [-0.4, -0.2) is 5.91 Å². The van der Waals surface area contributed by atoms with E-state index in [1.54, 1.807) is 18.2 Å². The summed E-state index contributed by atoms with van der Waals surface area (Å²) in [7, 11) is 0. The number of anilines is 2. The van der Waals surface area contributed by atoms with Crippen LogP contribution in [0.3, 0.4) is 0 Å². The maximum absolute atomic E-state index is 12.6. The van der Waals surface area contributed by atoms with E-state index in [1.165, 1.54) is 12.1 Å². The maximum Gasteiger partial charge on any atom is 0.416 e. The van der Waals surface area contributed by atoms with Crippen molar-refractivity contribution in [1.82, 2.24) is 0 Å². The zero-order valence-corrected chi connectivity index (χ0v) is 14.3. The molecule has 0 aliphatic rings. The fourth-order valence-corrected chi connectivity index (χ4v) is 2.57. The van der Waals surface area contributed by atoms with Crippen molar-refractivity contribution in [3.63, 3.8) is 0 Å². The minimum Gasteiger partial charge on any atom is -0.380 e. The van der Waals surface area contributed by atoms with Crippen LogP contribution in [0, 0.1) is 0 Å². The average molecular weight is 370 g/mol. The first-order valence-electron chi connectivity index (χ1n) is 8.29. The van der Waals surface area contributed by atoms with Gasteiger partial charge in [0.15, 0.2) is 0 Å². The smallest absolute Gasteiger partial charge is 0.380 e. The molecule has 3 aromatic rings. The van der Waals surface area contributed by atoms with Crippen molar-refractivity contribution in [2.24, 2.45) is 0 Å². The van der Waals surface area contributed by atoms with Crippen molar-refractivity contribution in [3.05, 3.63) is 95.6 Å². The zero-order chi connectivity index (χ0) is 19.3. The second-order valence-corrected chi connectivity index (χ2v) is 5.91. The van der Waals surface area contributed by atoms with Gasteiger partial charge in [-0.1, -0.05) is 42.5 Å². The summed E-state index contributed by atoms with van der Waals surface area (Å²) in [5, 5.41) is 5.84. The molecule has 0 spiro atoms. The van der Waals surface area contributed by atoms with Crippen LogP contribution in [0.5, 0.6) is 0 Å². The third-order valence-electron chi connectivity index (χ3n) is 3.97. The van der Waals surface area contributed by atoms with Crippen molar-refractivity contribution in [2.45, 2.75) is 12.7 Å². The minimum absolute atomic E-state index is 0.297. The molecule has 3 nitrogen and oxygen atoms in total. The van der Waals surface area contributed by atoms with Gasteiger partial charge in [-0.25, -0.2) is 0 Å². The third kappa shape index (κ3) is 4.88. The molecule has 0 aliphatic carbocycles. The summed E-state index contributed by atoms with van der Waals surface area (Å²) in [6, 6.07) is 21.1. The van der Waals surface area contributed by atoms with Gasteiger partial charge in [0.05, 0.1) is 11.1 Å². The number of nitrogens with one attached hydrogen (secondary N) is 2. The normalized spacial score (nSPS) is 11.1. The molecule has 138 valence electrons. The minimum atomic E-state index is -4.41. The Bertz CT molecular complexity index is 907. The summed E-state index contributed by atoms with van der Waals surface area (Å²) >= 11 is 0. The monoisotopic (exact) mass is 370 g/mol. The van der Waals surface area contributed by atoms with Gasteiger partial charge < -0.3 is 10.6 Å². The molecule has 1 amide bonds. The van der Waals surface area contributed by atoms with Gasteiger partial charge in [-0.05, 0) is 42.0 Å². The van der Waals surface area contributed by atoms with Crippen LogP contribution in [0.2, 0.25) is 0 Å². The standard InChI is InChI=1S/C21H17F3N2O/c22-21(23,24)16-10-12-17(13-11-16)26-20(27)18-8-4-5-9-19(18)25-14-15-6-2-1-3-7-15/h1-13,25H,14H2,(H,26,27). The summed E-state index contributed by atoms with van der Waals surface area (Å²) in [5.74, 6) is -0.397. The quantitative estimate of drug-likeness (QED) is 0.616. The van der Waals surface area contributed by atoms with E-state index in [-0.39, 0.29) is 0 Å². The molecule has 2 N–H and O–H groups in total. The fourth-order valence-electron chi connectivity index (χ4n) is 2.57. The molecule has 0 saturated heterocycles. The van der Waals surface area contributed by atoms with Gasteiger partial charge in [0, 0.05) is 17.9 Å². The average Bonchev–Trinajstić information content (AvgIpc) is 2.67. The van der Waals surface area contributed by atoms with Crippen molar-refractivity contribution in [3.8, 4) is 0 Å². The lowest BCUT2D eigenvalue weighted by molar-refractivity contribution is -0.137. The number of halogens is 3. The predicted octanol–water partition coefficient (Wildman–Crippen LogP) is 5.57. The van der Waals surface area contributed by atoms with E-state index in [9.17, 15) is 18.0 Å². The van der Waals surface area contributed by atoms with Crippen LogP contribution in [-0.2, 0) is 12.7 Å². The van der Waals surface area contributed by atoms with Gasteiger partial charge in [0.2, 0.25) is 0 Å².